The van der Waals surface area contributed by atoms with E-state index in [2.05, 4.69) is 20.9 Å². The summed E-state index contributed by atoms with van der Waals surface area (Å²) in [5, 5.41) is 17.7. The van der Waals surface area contributed by atoms with Crippen LogP contribution in [-0.2, 0) is 4.79 Å². The number of hydrogen-bond donors (Lipinski definition) is 5. The lowest BCUT2D eigenvalue weighted by atomic mass is 9.89. The molecule has 0 unspecified atom stereocenters. The molecule has 194 valence electrons. The van der Waals surface area contributed by atoms with Crippen molar-refractivity contribution in [3.63, 3.8) is 0 Å². The Morgan fingerprint density at radius 1 is 1.17 bits per heavy atom. The second-order valence-corrected chi connectivity index (χ2v) is 10.1. The molecule has 9 heteroatoms. The van der Waals surface area contributed by atoms with Crippen molar-refractivity contribution in [3.8, 4) is 0 Å². The molecule has 36 heavy (non-hydrogen) atoms. The molecule has 0 radical (unpaired) electrons. The summed E-state index contributed by atoms with van der Waals surface area (Å²) in [6, 6.07) is 9.28. The van der Waals surface area contributed by atoms with Gasteiger partial charge < -0.3 is 26.6 Å². The van der Waals surface area contributed by atoms with Crippen molar-refractivity contribution >= 4 is 28.7 Å². The molecule has 1 saturated heterocycles. The highest BCUT2D eigenvalue weighted by Gasteiger charge is 2.32. The van der Waals surface area contributed by atoms with Gasteiger partial charge in [0.05, 0.1) is 17.1 Å². The molecule has 0 bridgehead atoms. The van der Waals surface area contributed by atoms with E-state index in [0.29, 0.717) is 37.5 Å². The highest BCUT2D eigenvalue weighted by Crippen LogP contribution is 2.25. The highest BCUT2D eigenvalue weighted by molar-refractivity contribution is 5.97. The molecule has 2 heterocycles. The minimum Gasteiger partial charge on any atom is -0.370 e. The van der Waals surface area contributed by atoms with E-state index in [-0.39, 0.29) is 29.9 Å². The molecule has 2 aliphatic rings. The molecular formula is C27H39N7O2. The first-order valence-corrected chi connectivity index (χ1v) is 13.3. The van der Waals surface area contributed by atoms with Crippen molar-refractivity contribution < 1.29 is 9.59 Å². The zero-order valence-electron chi connectivity index (χ0n) is 21.0. The van der Waals surface area contributed by atoms with E-state index < -0.39 is 0 Å². The first kappa shape index (κ1) is 25.9. The monoisotopic (exact) mass is 493 g/mol. The summed E-state index contributed by atoms with van der Waals surface area (Å²) in [5.41, 5.74) is 6.79. The normalized spacial score (nSPS) is 21.2. The van der Waals surface area contributed by atoms with E-state index in [0.717, 1.165) is 30.3 Å². The van der Waals surface area contributed by atoms with Crippen molar-refractivity contribution in [1.29, 1.82) is 5.41 Å². The maximum absolute atomic E-state index is 13.5. The Morgan fingerprint density at radius 3 is 2.78 bits per heavy atom. The number of benzene rings is 1. The van der Waals surface area contributed by atoms with Gasteiger partial charge in [-0.3, -0.25) is 20.0 Å². The minimum absolute atomic E-state index is 0.00608. The molecule has 9 nitrogen and oxygen atoms in total. The SMILES string of the molecule is N=C(N)NCCC[C@H]1N[C@H](CNC(=O)c2cnc3ccccc3c2)CCN(CC2CCCCC2)C1=O. The fourth-order valence-electron chi connectivity index (χ4n) is 5.35. The number of fused-ring (bicyclic) bond motifs is 1. The van der Waals surface area contributed by atoms with Gasteiger partial charge in [0, 0.05) is 43.8 Å². The van der Waals surface area contributed by atoms with Crippen LogP contribution in [0.15, 0.2) is 36.5 Å². The molecule has 6 N–H and O–H groups in total. The van der Waals surface area contributed by atoms with Crippen LogP contribution in [0.1, 0.15) is 61.7 Å². The molecule has 2 amide bonds. The van der Waals surface area contributed by atoms with Crippen molar-refractivity contribution in [1.82, 2.24) is 25.8 Å². The largest absolute Gasteiger partial charge is 0.370 e. The molecule has 1 aromatic heterocycles. The van der Waals surface area contributed by atoms with Gasteiger partial charge in [-0.15, -0.1) is 0 Å². The van der Waals surface area contributed by atoms with Crippen LogP contribution in [0.5, 0.6) is 0 Å². The van der Waals surface area contributed by atoms with Crippen molar-refractivity contribution in [3.05, 3.63) is 42.1 Å². The maximum atomic E-state index is 13.5. The minimum atomic E-state index is -0.311. The summed E-state index contributed by atoms with van der Waals surface area (Å²) in [5.74, 6) is 0.514. The zero-order valence-corrected chi connectivity index (χ0v) is 21.0. The Bertz CT molecular complexity index is 1050. The Labute approximate surface area is 213 Å². The predicted octanol–water partition coefficient (Wildman–Crippen LogP) is 2.37. The lowest BCUT2D eigenvalue weighted by Crippen LogP contribution is -2.49. The highest BCUT2D eigenvalue weighted by atomic mass is 16.2. The quantitative estimate of drug-likeness (QED) is 0.207. The average Bonchev–Trinajstić information content (AvgIpc) is 3.04. The number of nitrogens with zero attached hydrogens (tertiary/aromatic N) is 2. The molecule has 2 fully saturated rings. The molecule has 1 aliphatic heterocycles. The number of carbonyl (C=O) groups is 2. The van der Waals surface area contributed by atoms with Crippen molar-refractivity contribution in [2.75, 3.05) is 26.2 Å². The maximum Gasteiger partial charge on any atom is 0.252 e. The van der Waals surface area contributed by atoms with Gasteiger partial charge >= 0.3 is 0 Å². The predicted molar refractivity (Wildman–Crippen MR) is 142 cm³/mol. The number of carbonyl (C=O) groups excluding carboxylic acids is 2. The van der Waals surface area contributed by atoms with Crippen LogP contribution in [0, 0.1) is 11.3 Å². The number of aromatic nitrogens is 1. The smallest absolute Gasteiger partial charge is 0.252 e. The van der Waals surface area contributed by atoms with Crippen molar-refractivity contribution in [2.45, 2.75) is 63.5 Å². The molecule has 2 atom stereocenters. The van der Waals surface area contributed by atoms with Gasteiger partial charge in [-0.2, -0.15) is 0 Å². The third-order valence-corrected chi connectivity index (χ3v) is 7.34. The number of para-hydroxylation sites is 1. The molecule has 2 aromatic rings. The van der Waals surface area contributed by atoms with Gasteiger partial charge in [-0.05, 0) is 50.2 Å². The van der Waals surface area contributed by atoms with Crippen LogP contribution in [0.25, 0.3) is 10.9 Å². The van der Waals surface area contributed by atoms with Crippen LogP contribution < -0.4 is 21.7 Å². The van der Waals surface area contributed by atoms with E-state index in [1.54, 1.807) is 6.20 Å². The Kier molecular flexibility index (Phi) is 9.11. The van der Waals surface area contributed by atoms with E-state index in [4.69, 9.17) is 11.1 Å². The molecular weight excluding hydrogens is 454 g/mol. The molecule has 1 aromatic carbocycles. The third-order valence-electron chi connectivity index (χ3n) is 7.34. The summed E-state index contributed by atoms with van der Waals surface area (Å²) in [6.07, 6.45) is 9.98. The van der Waals surface area contributed by atoms with Gasteiger partial charge in [-0.25, -0.2) is 0 Å². The van der Waals surface area contributed by atoms with Crippen LogP contribution in [-0.4, -0.2) is 65.9 Å². The number of guanidine groups is 1. The molecule has 1 aliphatic carbocycles. The second-order valence-electron chi connectivity index (χ2n) is 10.1. The van der Waals surface area contributed by atoms with Crippen molar-refractivity contribution in [2.24, 2.45) is 11.7 Å². The summed E-state index contributed by atoms with van der Waals surface area (Å²) < 4.78 is 0. The molecule has 0 spiro atoms. The number of amides is 2. The number of pyridine rings is 1. The summed E-state index contributed by atoms with van der Waals surface area (Å²) in [6.45, 7) is 2.52. The van der Waals surface area contributed by atoms with Gasteiger partial charge in [0.15, 0.2) is 5.96 Å². The lowest BCUT2D eigenvalue weighted by Gasteiger charge is -2.30. The molecule has 1 saturated carbocycles. The van der Waals surface area contributed by atoms with Gasteiger partial charge in [0.1, 0.15) is 0 Å². The van der Waals surface area contributed by atoms with E-state index in [9.17, 15) is 9.59 Å². The van der Waals surface area contributed by atoms with E-state index >= 15 is 0 Å². The van der Waals surface area contributed by atoms with Gasteiger partial charge in [0.25, 0.3) is 5.91 Å². The first-order valence-electron chi connectivity index (χ1n) is 13.3. The molecule has 4 rings (SSSR count). The second kappa shape index (κ2) is 12.7. The Morgan fingerprint density at radius 2 is 1.97 bits per heavy atom. The summed E-state index contributed by atoms with van der Waals surface area (Å²) >= 11 is 0. The van der Waals surface area contributed by atoms with Gasteiger partial charge in [-0.1, -0.05) is 37.5 Å². The van der Waals surface area contributed by atoms with Crippen LogP contribution >= 0.6 is 0 Å². The number of hydrogen-bond acceptors (Lipinski definition) is 5. The van der Waals surface area contributed by atoms with Crippen LogP contribution in [0.4, 0.5) is 0 Å². The topological polar surface area (TPSA) is 136 Å². The van der Waals surface area contributed by atoms with E-state index in [1.165, 1.54) is 32.1 Å². The third kappa shape index (κ3) is 7.16. The fourth-order valence-corrected chi connectivity index (χ4v) is 5.35. The van der Waals surface area contributed by atoms with Crippen LogP contribution in [0.3, 0.4) is 0 Å². The summed E-state index contributed by atoms with van der Waals surface area (Å²) in [4.78, 5) is 32.8. The number of rotatable bonds is 9. The lowest BCUT2D eigenvalue weighted by molar-refractivity contribution is -0.133. The Balaban J connectivity index is 1.37. The standard InChI is InChI=1S/C27H39N7O2/c28-27(29)30-13-6-11-24-26(36)34(18-19-7-2-1-3-8-19)14-12-22(33-24)17-32-25(35)21-15-20-9-4-5-10-23(20)31-16-21/h4-5,9-10,15-16,19,22,24,33H,1-3,6-8,11-14,17-18H2,(H,32,35)(H4,28,29,30)/t22-,24+/m0/s1. The number of nitrogens with one attached hydrogen (secondary N) is 4. The number of nitrogens with two attached hydrogens (primary N) is 1. The van der Waals surface area contributed by atoms with E-state index in [1.807, 2.05) is 35.2 Å². The first-order chi connectivity index (χ1) is 17.5. The fraction of sp³-hybridized carbons (Fsp3) is 0.556. The van der Waals surface area contributed by atoms with Crippen LogP contribution in [0.2, 0.25) is 0 Å². The zero-order chi connectivity index (χ0) is 25.3. The Hall–Kier alpha value is -3.20. The average molecular weight is 494 g/mol. The summed E-state index contributed by atoms with van der Waals surface area (Å²) in [7, 11) is 0. The van der Waals surface area contributed by atoms with Gasteiger partial charge in [0.2, 0.25) is 5.91 Å².